The van der Waals surface area contributed by atoms with E-state index in [2.05, 4.69) is 34.6 Å². The Morgan fingerprint density at radius 2 is 1.54 bits per heavy atom. The Morgan fingerprint density at radius 1 is 0.808 bits per heavy atom. The van der Waals surface area contributed by atoms with E-state index in [1.54, 1.807) is 57.8 Å². The van der Waals surface area contributed by atoms with Gasteiger partial charge in [-0.1, -0.05) is 53.9 Å². The molecule has 0 spiro atoms. The maximum atomic E-state index is 2.73. The predicted octanol–water partition coefficient (Wildman–Crippen LogP) is 8.11. The summed E-state index contributed by atoms with van der Waals surface area (Å²) >= 11 is 0. The first-order chi connectivity index (χ1) is 12.5. The van der Waals surface area contributed by atoms with Crippen LogP contribution in [-0.4, -0.2) is 0 Å². The molecule has 0 aliphatic heterocycles. The highest BCUT2D eigenvalue weighted by atomic mass is 14.6. The summed E-state index contributed by atoms with van der Waals surface area (Å²) < 4.78 is 0. The fraction of sp³-hybridized carbons (Fsp3) is 1.00. The molecule has 4 saturated carbocycles. The third kappa shape index (κ3) is 2.83. The van der Waals surface area contributed by atoms with Crippen LogP contribution in [0.15, 0.2) is 0 Å². The molecule has 7 unspecified atom stereocenters. The molecule has 0 nitrogen and oxygen atoms in total. The number of fused-ring (bicyclic) bond motifs is 5. The average Bonchev–Trinajstić information content (AvgIpc) is 3.03. The number of rotatable bonds is 4. The van der Waals surface area contributed by atoms with Gasteiger partial charge in [0.2, 0.25) is 0 Å². The molecule has 8 atom stereocenters. The van der Waals surface area contributed by atoms with Crippen molar-refractivity contribution in [3.63, 3.8) is 0 Å². The van der Waals surface area contributed by atoms with Crippen LogP contribution in [0.2, 0.25) is 0 Å². The molecule has 0 aromatic carbocycles. The summed E-state index contributed by atoms with van der Waals surface area (Å²) in [5, 5.41) is 0. The zero-order valence-electron chi connectivity index (χ0n) is 18.5. The van der Waals surface area contributed by atoms with Crippen molar-refractivity contribution >= 4 is 0 Å². The fourth-order valence-electron chi connectivity index (χ4n) is 9.22. The minimum Gasteiger partial charge on any atom is -0.0651 e. The Bertz CT molecular complexity index is 488. The quantitative estimate of drug-likeness (QED) is 0.476. The van der Waals surface area contributed by atoms with Gasteiger partial charge >= 0.3 is 0 Å². The average molecular weight is 359 g/mol. The molecule has 4 aliphatic rings. The highest BCUT2D eigenvalue weighted by Crippen LogP contribution is 2.66. The summed E-state index contributed by atoms with van der Waals surface area (Å²) in [7, 11) is 0. The molecule has 0 aromatic heterocycles. The van der Waals surface area contributed by atoms with Gasteiger partial charge in [0, 0.05) is 0 Å². The Balaban J connectivity index is 1.51. The third-order valence-electron chi connectivity index (χ3n) is 11.1. The van der Waals surface area contributed by atoms with Gasteiger partial charge in [-0.2, -0.15) is 0 Å². The standard InChI is InChI=1S/C26H46/c1-6-18(4)23-11-12-24-22-10-9-19-17-26(7-2,8-3)16-14-20(19)21(22)13-15-25(23,24)5/h18-24H,6-17H2,1-5H3/t18-,19?,20?,21?,22?,23?,24?,25?/m1/s1. The van der Waals surface area contributed by atoms with E-state index >= 15 is 0 Å². The predicted molar refractivity (Wildman–Crippen MR) is 113 cm³/mol. The second kappa shape index (κ2) is 7.11. The van der Waals surface area contributed by atoms with Crippen LogP contribution < -0.4 is 0 Å². The lowest BCUT2D eigenvalue weighted by atomic mass is 9.47. The summed E-state index contributed by atoms with van der Waals surface area (Å²) in [5.41, 5.74) is 1.40. The van der Waals surface area contributed by atoms with Crippen LogP contribution in [0.3, 0.4) is 0 Å². The van der Waals surface area contributed by atoms with Crippen LogP contribution in [0.25, 0.3) is 0 Å². The first kappa shape index (κ1) is 19.3. The van der Waals surface area contributed by atoms with Gasteiger partial charge in [0.1, 0.15) is 0 Å². The van der Waals surface area contributed by atoms with Crippen LogP contribution in [0.4, 0.5) is 0 Å². The summed E-state index contributed by atoms with van der Waals surface area (Å²) in [6, 6.07) is 0. The maximum Gasteiger partial charge on any atom is -0.0264 e. The van der Waals surface area contributed by atoms with E-state index < -0.39 is 0 Å². The maximum absolute atomic E-state index is 2.73. The monoisotopic (exact) mass is 358 g/mol. The molecule has 150 valence electrons. The van der Waals surface area contributed by atoms with Crippen LogP contribution in [0.5, 0.6) is 0 Å². The molecule has 4 fully saturated rings. The summed E-state index contributed by atoms with van der Waals surface area (Å²) in [6.45, 7) is 12.6. The van der Waals surface area contributed by atoms with Crippen LogP contribution in [-0.2, 0) is 0 Å². The van der Waals surface area contributed by atoms with Gasteiger partial charge in [-0.15, -0.1) is 0 Å². The molecule has 0 N–H and O–H groups in total. The Morgan fingerprint density at radius 3 is 2.23 bits per heavy atom. The normalized spacial score (nSPS) is 48.3. The van der Waals surface area contributed by atoms with Crippen LogP contribution in [0.1, 0.15) is 112 Å². The Kier molecular flexibility index (Phi) is 5.28. The highest BCUT2D eigenvalue weighted by molar-refractivity contribution is 5.07. The van der Waals surface area contributed by atoms with E-state index in [0.29, 0.717) is 10.8 Å². The van der Waals surface area contributed by atoms with Gasteiger partial charge in [-0.25, -0.2) is 0 Å². The van der Waals surface area contributed by atoms with E-state index in [4.69, 9.17) is 0 Å². The fourth-order valence-corrected chi connectivity index (χ4v) is 9.22. The summed E-state index contributed by atoms with van der Waals surface area (Å²) in [6.07, 6.45) is 18.4. The zero-order valence-corrected chi connectivity index (χ0v) is 18.5. The number of hydrogen-bond acceptors (Lipinski definition) is 0. The SMILES string of the molecule is CC[C@@H](C)C1CCC2C3CCC4CC(CC)(CC)CCC4C3CCC21C. The van der Waals surface area contributed by atoms with Gasteiger partial charge in [0.25, 0.3) is 0 Å². The highest BCUT2D eigenvalue weighted by Gasteiger charge is 2.58. The molecular weight excluding hydrogens is 312 g/mol. The molecule has 0 amide bonds. The molecule has 4 aliphatic carbocycles. The minimum atomic E-state index is 0.689. The van der Waals surface area contributed by atoms with Gasteiger partial charge in [0.15, 0.2) is 0 Å². The van der Waals surface area contributed by atoms with Crippen molar-refractivity contribution in [2.45, 2.75) is 112 Å². The summed E-state index contributed by atoms with van der Waals surface area (Å²) in [5.74, 6) is 7.44. The zero-order chi connectivity index (χ0) is 18.5. The first-order valence-electron chi connectivity index (χ1n) is 12.5. The van der Waals surface area contributed by atoms with Crippen molar-refractivity contribution in [1.82, 2.24) is 0 Å². The van der Waals surface area contributed by atoms with E-state index in [1.165, 1.54) is 19.3 Å². The van der Waals surface area contributed by atoms with E-state index in [-0.39, 0.29) is 0 Å². The molecule has 0 aromatic rings. The van der Waals surface area contributed by atoms with Crippen molar-refractivity contribution in [3.8, 4) is 0 Å². The van der Waals surface area contributed by atoms with Gasteiger partial charge < -0.3 is 0 Å². The van der Waals surface area contributed by atoms with Gasteiger partial charge in [0.05, 0.1) is 0 Å². The van der Waals surface area contributed by atoms with Crippen molar-refractivity contribution in [2.24, 2.45) is 52.3 Å². The molecule has 0 radical (unpaired) electrons. The molecular formula is C26H46. The molecule has 0 saturated heterocycles. The summed E-state index contributed by atoms with van der Waals surface area (Å²) in [4.78, 5) is 0. The van der Waals surface area contributed by atoms with Crippen molar-refractivity contribution in [1.29, 1.82) is 0 Å². The first-order valence-corrected chi connectivity index (χ1v) is 12.5. The van der Waals surface area contributed by atoms with Gasteiger partial charge in [-0.3, -0.25) is 0 Å². The van der Waals surface area contributed by atoms with E-state index in [9.17, 15) is 0 Å². The Labute approximate surface area is 164 Å². The van der Waals surface area contributed by atoms with Crippen molar-refractivity contribution in [2.75, 3.05) is 0 Å². The molecule has 0 heterocycles. The molecule has 0 bridgehead atoms. The second-order valence-corrected chi connectivity index (χ2v) is 11.5. The van der Waals surface area contributed by atoms with E-state index in [0.717, 1.165) is 41.4 Å². The Hall–Kier alpha value is 0. The lowest BCUT2D eigenvalue weighted by molar-refractivity contribution is -0.0857. The number of hydrogen-bond donors (Lipinski definition) is 0. The van der Waals surface area contributed by atoms with Crippen LogP contribution >= 0.6 is 0 Å². The topological polar surface area (TPSA) is 0 Å². The largest absolute Gasteiger partial charge is 0.0651 e. The smallest absolute Gasteiger partial charge is 0.0264 e. The molecule has 0 heteroatoms. The third-order valence-corrected chi connectivity index (χ3v) is 11.1. The second-order valence-electron chi connectivity index (χ2n) is 11.5. The lowest BCUT2D eigenvalue weighted by Crippen LogP contribution is -2.50. The lowest BCUT2D eigenvalue weighted by Gasteiger charge is -2.58. The molecule has 4 rings (SSSR count). The van der Waals surface area contributed by atoms with Crippen molar-refractivity contribution < 1.29 is 0 Å². The van der Waals surface area contributed by atoms with Gasteiger partial charge in [-0.05, 0) is 110 Å². The minimum absolute atomic E-state index is 0.689. The van der Waals surface area contributed by atoms with Crippen molar-refractivity contribution in [3.05, 3.63) is 0 Å². The van der Waals surface area contributed by atoms with Crippen LogP contribution in [0, 0.1) is 52.3 Å². The van der Waals surface area contributed by atoms with E-state index in [1.807, 2.05) is 0 Å². The molecule has 26 heavy (non-hydrogen) atoms.